The second-order valence-corrected chi connectivity index (χ2v) is 5.54. The van der Waals surface area contributed by atoms with Gasteiger partial charge in [0.2, 0.25) is 5.91 Å². The van der Waals surface area contributed by atoms with Gasteiger partial charge in [-0.2, -0.15) is 0 Å². The van der Waals surface area contributed by atoms with Crippen molar-refractivity contribution in [2.45, 2.75) is 13.0 Å². The molecule has 1 atom stereocenters. The quantitative estimate of drug-likeness (QED) is 0.627. The number of hydrogen-bond acceptors (Lipinski definition) is 5. The molecule has 2 rings (SSSR count). The molecule has 0 bridgehead atoms. The summed E-state index contributed by atoms with van der Waals surface area (Å²) in [6, 6.07) is 12.5. The van der Waals surface area contributed by atoms with Crippen LogP contribution in [0.1, 0.15) is 18.5 Å². The van der Waals surface area contributed by atoms with Crippen LogP contribution in [-0.4, -0.2) is 34.4 Å². The molecular weight excluding hydrogens is 310 g/mol. The highest BCUT2D eigenvalue weighted by atomic mass is 16.6. The fourth-order valence-electron chi connectivity index (χ4n) is 2.27. The minimum absolute atomic E-state index is 0.0253. The number of carbonyl (C=O) groups excluding carboxylic acids is 1. The lowest BCUT2D eigenvalue weighted by atomic mass is 10.1. The first kappa shape index (κ1) is 17.4. The number of nitro benzene ring substituents is 1. The number of non-ortho nitro benzene ring substituents is 1. The molecule has 24 heavy (non-hydrogen) atoms. The third-order valence-corrected chi connectivity index (χ3v) is 3.77. The first-order chi connectivity index (χ1) is 11.4. The summed E-state index contributed by atoms with van der Waals surface area (Å²) in [6.45, 7) is 2.09. The molecule has 2 aromatic rings. The van der Waals surface area contributed by atoms with Crippen molar-refractivity contribution in [3.8, 4) is 5.75 Å². The summed E-state index contributed by atoms with van der Waals surface area (Å²) in [5.74, 6) is -0.0403. The molecule has 0 radical (unpaired) electrons. The number of nitrogens with one attached hydrogen (secondary N) is 1. The van der Waals surface area contributed by atoms with Gasteiger partial charge in [0.25, 0.3) is 5.69 Å². The van der Waals surface area contributed by atoms with Gasteiger partial charge in [0.05, 0.1) is 11.5 Å². The van der Waals surface area contributed by atoms with E-state index in [0.717, 1.165) is 5.56 Å². The lowest BCUT2D eigenvalue weighted by Crippen LogP contribution is -2.32. The Bertz CT molecular complexity index is 731. The SMILES string of the molecule is C[C@H](c1cccc(O)c1)N(C)CC(=O)Nc1ccc([N+](=O)[O-])cc1. The van der Waals surface area contributed by atoms with Gasteiger partial charge in [-0.05, 0) is 43.8 Å². The number of nitro groups is 1. The highest BCUT2D eigenvalue weighted by Crippen LogP contribution is 2.22. The van der Waals surface area contributed by atoms with Crippen molar-refractivity contribution < 1.29 is 14.8 Å². The molecule has 0 saturated carbocycles. The third-order valence-electron chi connectivity index (χ3n) is 3.77. The van der Waals surface area contributed by atoms with Gasteiger partial charge in [-0.3, -0.25) is 19.8 Å². The van der Waals surface area contributed by atoms with E-state index in [4.69, 9.17) is 0 Å². The number of carbonyl (C=O) groups is 1. The Hall–Kier alpha value is -2.93. The number of anilines is 1. The Morgan fingerprint density at radius 2 is 1.96 bits per heavy atom. The molecule has 126 valence electrons. The fourth-order valence-corrected chi connectivity index (χ4v) is 2.27. The predicted octanol–water partition coefficient (Wildman–Crippen LogP) is 2.93. The van der Waals surface area contributed by atoms with Crippen LogP contribution < -0.4 is 5.32 Å². The van der Waals surface area contributed by atoms with E-state index in [-0.39, 0.29) is 29.9 Å². The largest absolute Gasteiger partial charge is 0.508 e. The Kier molecular flexibility index (Phi) is 5.49. The van der Waals surface area contributed by atoms with E-state index >= 15 is 0 Å². The lowest BCUT2D eigenvalue weighted by molar-refractivity contribution is -0.384. The van der Waals surface area contributed by atoms with Gasteiger partial charge in [-0.15, -0.1) is 0 Å². The maximum Gasteiger partial charge on any atom is 0.269 e. The predicted molar refractivity (Wildman–Crippen MR) is 90.9 cm³/mol. The molecule has 7 heteroatoms. The number of phenolic OH excluding ortho intramolecular Hbond substituents is 1. The van der Waals surface area contributed by atoms with E-state index < -0.39 is 4.92 Å². The highest BCUT2D eigenvalue weighted by molar-refractivity contribution is 5.92. The molecule has 0 aromatic heterocycles. The number of likely N-dealkylation sites (N-methyl/N-ethyl adjacent to an activating group) is 1. The van der Waals surface area contributed by atoms with E-state index in [0.29, 0.717) is 5.69 Å². The molecule has 1 amide bonds. The zero-order valence-corrected chi connectivity index (χ0v) is 13.5. The van der Waals surface area contributed by atoms with Crippen molar-refractivity contribution in [3.63, 3.8) is 0 Å². The van der Waals surface area contributed by atoms with Gasteiger partial charge in [0, 0.05) is 23.9 Å². The van der Waals surface area contributed by atoms with E-state index in [1.807, 2.05) is 24.9 Å². The van der Waals surface area contributed by atoms with Crippen LogP contribution in [-0.2, 0) is 4.79 Å². The Labute approximate surface area is 139 Å². The third kappa shape index (κ3) is 4.53. The molecule has 0 aliphatic rings. The minimum Gasteiger partial charge on any atom is -0.508 e. The fraction of sp³-hybridized carbons (Fsp3) is 0.235. The van der Waals surface area contributed by atoms with Gasteiger partial charge < -0.3 is 10.4 Å². The number of amides is 1. The Morgan fingerprint density at radius 3 is 2.54 bits per heavy atom. The summed E-state index contributed by atoms with van der Waals surface area (Å²) in [5.41, 5.74) is 1.38. The molecule has 0 fully saturated rings. The Morgan fingerprint density at radius 1 is 1.29 bits per heavy atom. The van der Waals surface area contributed by atoms with Crippen LogP contribution >= 0.6 is 0 Å². The number of hydrogen-bond donors (Lipinski definition) is 2. The van der Waals surface area contributed by atoms with Gasteiger partial charge in [-0.25, -0.2) is 0 Å². The van der Waals surface area contributed by atoms with Gasteiger partial charge in [0.15, 0.2) is 0 Å². The molecule has 2 aromatic carbocycles. The van der Waals surface area contributed by atoms with Crippen molar-refractivity contribution in [2.75, 3.05) is 18.9 Å². The second-order valence-electron chi connectivity index (χ2n) is 5.54. The molecule has 7 nitrogen and oxygen atoms in total. The molecule has 0 spiro atoms. The molecule has 0 unspecified atom stereocenters. The summed E-state index contributed by atoms with van der Waals surface area (Å²) in [7, 11) is 1.81. The number of phenols is 1. The van der Waals surface area contributed by atoms with Crippen LogP contribution in [0.3, 0.4) is 0 Å². The van der Waals surface area contributed by atoms with Crippen LogP contribution in [0.5, 0.6) is 5.75 Å². The maximum atomic E-state index is 12.1. The Balaban J connectivity index is 1.94. The zero-order chi connectivity index (χ0) is 17.7. The topological polar surface area (TPSA) is 95.7 Å². The van der Waals surface area contributed by atoms with Crippen LogP contribution in [0.25, 0.3) is 0 Å². The van der Waals surface area contributed by atoms with E-state index in [1.54, 1.807) is 18.2 Å². The van der Waals surface area contributed by atoms with E-state index in [9.17, 15) is 20.0 Å². The van der Waals surface area contributed by atoms with Crippen molar-refractivity contribution in [1.82, 2.24) is 4.90 Å². The second kappa shape index (κ2) is 7.56. The summed E-state index contributed by atoms with van der Waals surface area (Å²) in [5, 5.41) is 22.8. The molecule has 0 aliphatic carbocycles. The van der Waals surface area contributed by atoms with Crippen molar-refractivity contribution in [3.05, 3.63) is 64.2 Å². The number of aromatic hydroxyl groups is 1. The first-order valence-corrected chi connectivity index (χ1v) is 7.40. The lowest BCUT2D eigenvalue weighted by Gasteiger charge is -2.24. The summed E-state index contributed by atoms with van der Waals surface area (Å²) in [6.07, 6.45) is 0. The molecule has 2 N–H and O–H groups in total. The van der Waals surface area contributed by atoms with Crippen LogP contribution in [0.2, 0.25) is 0 Å². The van der Waals surface area contributed by atoms with Crippen LogP contribution in [0, 0.1) is 10.1 Å². The number of nitrogens with zero attached hydrogens (tertiary/aromatic N) is 2. The summed E-state index contributed by atoms with van der Waals surface area (Å²) < 4.78 is 0. The monoisotopic (exact) mass is 329 g/mol. The van der Waals surface area contributed by atoms with Crippen molar-refractivity contribution in [1.29, 1.82) is 0 Å². The first-order valence-electron chi connectivity index (χ1n) is 7.40. The standard InChI is InChI=1S/C17H19N3O4/c1-12(13-4-3-5-16(21)10-13)19(2)11-17(22)18-14-6-8-15(9-7-14)20(23)24/h3-10,12,21H,11H2,1-2H3,(H,18,22)/t12-/m1/s1. The summed E-state index contributed by atoms with van der Waals surface area (Å²) in [4.78, 5) is 24.1. The van der Waals surface area contributed by atoms with Crippen molar-refractivity contribution in [2.24, 2.45) is 0 Å². The smallest absolute Gasteiger partial charge is 0.269 e. The highest BCUT2D eigenvalue weighted by Gasteiger charge is 2.15. The minimum atomic E-state index is -0.490. The van der Waals surface area contributed by atoms with Crippen molar-refractivity contribution >= 4 is 17.3 Å². The zero-order valence-electron chi connectivity index (χ0n) is 13.5. The maximum absolute atomic E-state index is 12.1. The normalized spacial score (nSPS) is 12.0. The number of benzene rings is 2. The van der Waals surface area contributed by atoms with Crippen LogP contribution in [0.4, 0.5) is 11.4 Å². The van der Waals surface area contributed by atoms with Gasteiger partial charge >= 0.3 is 0 Å². The van der Waals surface area contributed by atoms with Crippen LogP contribution in [0.15, 0.2) is 48.5 Å². The number of rotatable bonds is 6. The van der Waals surface area contributed by atoms with Gasteiger partial charge in [0.1, 0.15) is 5.75 Å². The molecule has 0 saturated heterocycles. The average molecular weight is 329 g/mol. The molecule has 0 heterocycles. The molecule has 0 aliphatic heterocycles. The average Bonchev–Trinajstić information content (AvgIpc) is 2.54. The van der Waals surface area contributed by atoms with Gasteiger partial charge in [-0.1, -0.05) is 12.1 Å². The molecular formula is C17H19N3O4. The van der Waals surface area contributed by atoms with E-state index in [1.165, 1.54) is 24.3 Å². The summed E-state index contributed by atoms with van der Waals surface area (Å²) >= 11 is 0. The van der Waals surface area contributed by atoms with E-state index in [2.05, 4.69) is 5.32 Å².